The van der Waals surface area contributed by atoms with E-state index >= 15 is 0 Å². The third kappa shape index (κ3) is 15.6. The number of aromatic nitrogens is 6. The van der Waals surface area contributed by atoms with Gasteiger partial charge in [-0.15, -0.1) is 12.4 Å². The maximum Gasteiger partial charge on any atom is 0.319 e. The first-order valence-corrected chi connectivity index (χ1v) is 26.9. The zero-order chi connectivity index (χ0) is 56.6. The fraction of sp³-hybridized carbons (Fsp3) is 0.536. The molecule has 2 aromatic carbocycles. The number of anilines is 4. The van der Waals surface area contributed by atoms with Crippen LogP contribution in [0.5, 0.6) is 0 Å². The van der Waals surface area contributed by atoms with E-state index in [2.05, 4.69) is 120 Å². The van der Waals surface area contributed by atoms with E-state index in [1.807, 2.05) is 48.5 Å². The summed E-state index contributed by atoms with van der Waals surface area (Å²) >= 11 is 0. The Hall–Kier alpha value is -6.21. The van der Waals surface area contributed by atoms with Crippen molar-refractivity contribution in [3.8, 4) is 0 Å². The van der Waals surface area contributed by atoms with Crippen molar-refractivity contribution < 1.29 is 39.5 Å². The number of aliphatic hydroxyl groups excluding tert-OH is 4. The Morgan fingerprint density at radius 1 is 0.582 bits per heavy atom. The van der Waals surface area contributed by atoms with Crippen molar-refractivity contribution >= 4 is 69.5 Å². The fourth-order valence-electron chi connectivity index (χ4n) is 9.62. The number of carbonyl (C=O) groups excluding carboxylic acids is 2. The Morgan fingerprint density at radius 2 is 0.937 bits per heavy atom. The number of hydrogen-bond donors (Lipinski definition) is 10. The maximum absolute atomic E-state index is 12.4. The van der Waals surface area contributed by atoms with E-state index in [9.17, 15) is 30.0 Å². The molecule has 2 aliphatic rings. The molecular weight excluding hydrogens is 1030 g/mol. The molecule has 0 radical (unpaired) electrons. The van der Waals surface area contributed by atoms with Gasteiger partial charge in [0.25, 0.3) is 0 Å². The van der Waals surface area contributed by atoms with Crippen LogP contribution in [0, 0.1) is 0 Å². The molecule has 432 valence electrons. The Morgan fingerprint density at radius 3 is 1.27 bits per heavy atom. The second-order valence-corrected chi connectivity index (χ2v) is 22.8. The van der Waals surface area contributed by atoms with Crippen molar-refractivity contribution in [3.63, 3.8) is 0 Å². The molecule has 0 saturated carbocycles. The van der Waals surface area contributed by atoms with Crippen LogP contribution in [-0.4, -0.2) is 159 Å². The van der Waals surface area contributed by atoms with Crippen LogP contribution in [0.2, 0.25) is 0 Å². The van der Waals surface area contributed by atoms with Gasteiger partial charge in [0.15, 0.2) is 12.5 Å². The number of aliphatic hydroxyl groups is 4. The first kappa shape index (κ1) is 62.0. The van der Waals surface area contributed by atoms with Gasteiger partial charge < -0.3 is 71.8 Å². The zero-order valence-electron chi connectivity index (χ0n) is 47.1. The lowest BCUT2D eigenvalue weighted by atomic mass is 9.87. The fourth-order valence-corrected chi connectivity index (χ4v) is 9.62. The van der Waals surface area contributed by atoms with E-state index < -0.39 is 49.1 Å². The topological polar surface area (TPSA) is 302 Å². The number of nitrogens with zero attached hydrogens (tertiary/aromatic N) is 8. The number of amides is 4. The van der Waals surface area contributed by atoms with Gasteiger partial charge in [-0.25, -0.2) is 29.5 Å². The summed E-state index contributed by atoms with van der Waals surface area (Å²) in [5, 5.41) is 56.0. The van der Waals surface area contributed by atoms with Crippen LogP contribution < -0.4 is 32.7 Å². The molecule has 8 atom stereocenters. The van der Waals surface area contributed by atoms with Gasteiger partial charge in [0.1, 0.15) is 72.2 Å². The Bertz CT molecular complexity index is 2710. The number of fused-ring (bicyclic) bond motifs is 2. The van der Waals surface area contributed by atoms with E-state index in [0.29, 0.717) is 85.8 Å². The van der Waals surface area contributed by atoms with Gasteiger partial charge >= 0.3 is 12.1 Å². The molecule has 2 saturated heterocycles. The Kier molecular flexibility index (Phi) is 21.1. The average molecular weight is 1120 g/mol. The second-order valence-electron chi connectivity index (χ2n) is 22.8. The van der Waals surface area contributed by atoms with E-state index in [1.54, 1.807) is 33.7 Å². The monoisotopic (exact) mass is 1110 g/mol. The number of benzene rings is 2. The average Bonchev–Trinajstić information content (AvgIpc) is 4.36. The Balaban J connectivity index is 0.000000252. The van der Waals surface area contributed by atoms with Crippen molar-refractivity contribution in [1.29, 1.82) is 0 Å². The third-order valence-electron chi connectivity index (χ3n) is 14.4. The minimum Gasteiger partial charge on any atom is -0.387 e. The summed E-state index contributed by atoms with van der Waals surface area (Å²) in [5.74, 6) is 0.685. The lowest BCUT2D eigenvalue weighted by molar-refractivity contribution is -0.0465. The van der Waals surface area contributed by atoms with Gasteiger partial charge in [-0.05, 0) is 98.9 Å². The number of nitrogen functional groups attached to an aromatic ring is 2. The lowest BCUT2D eigenvalue weighted by Gasteiger charge is -2.30. The summed E-state index contributed by atoms with van der Waals surface area (Å²) in [4.78, 5) is 45.6. The minimum atomic E-state index is -1.13. The van der Waals surface area contributed by atoms with Crippen molar-refractivity contribution in [2.24, 2.45) is 0 Å². The standard InChI is InChI=1S/2C28H41N7O4.ClH/c2*1-17(2)34(13-6-12-30-27(38)33-19-9-7-18(8-10-19)28(3,4)5)15-21-22(36)23(37)26(39-21)35-14-11-20-24(29)31-16-32-25(20)35;/h2*7-11,14,16-17,21-23,26,36-37H,6,12-13,15H2,1-5H3,(H2,29,31,32)(H2,30,33,38);1H/t2*21-,22-,23?,26?;/m11./s1. The molecule has 23 heteroatoms. The molecule has 6 aromatic rings. The van der Waals surface area contributed by atoms with Gasteiger partial charge in [0, 0.05) is 75.1 Å². The van der Waals surface area contributed by atoms with Crippen LogP contribution in [0.25, 0.3) is 22.1 Å². The van der Waals surface area contributed by atoms with E-state index in [4.69, 9.17) is 20.9 Å². The molecule has 79 heavy (non-hydrogen) atoms. The molecule has 0 aliphatic carbocycles. The molecule has 8 rings (SSSR count). The highest BCUT2D eigenvalue weighted by atomic mass is 35.5. The molecule has 6 heterocycles. The molecule has 4 aromatic heterocycles. The predicted molar refractivity (Wildman–Crippen MR) is 310 cm³/mol. The molecule has 12 N–H and O–H groups in total. The number of rotatable bonds is 18. The second kappa shape index (κ2) is 26.8. The first-order valence-electron chi connectivity index (χ1n) is 26.9. The number of carbonyl (C=O) groups is 2. The van der Waals surface area contributed by atoms with Crippen LogP contribution in [0.3, 0.4) is 0 Å². The molecule has 2 fully saturated rings. The van der Waals surface area contributed by atoms with Crippen LogP contribution in [0.1, 0.15) is 106 Å². The summed E-state index contributed by atoms with van der Waals surface area (Å²) in [7, 11) is 0. The number of nitrogens with one attached hydrogen (secondary N) is 4. The Labute approximate surface area is 469 Å². The summed E-state index contributed by atoms with van der Waals surface area (Å²) in [6.07, 6.45) is 0.421. The summed E-state index contributed by atoms with van der Waals surface area (Å²) in [6.45, 7) is 24.4. The smallest absolute Gasteiger partial charge is 0.319 e. The lowest BCUT2D eigenvalue weighted by Crippen LogP contribution is -2.44. The van der Waals surface area contributed by atoms with Gasteiger partial charge in [-0.1, -0.05) is 65.8 Å². The van der Waals surface area contributed by atoms with Gasteiger partial charge in [-0.2, -0.15) is 0 Å². The number of ether oxygens (including phenoxy) is 2. The largest absolute Gasteiger partial charge is 0.387 e. The molecular formula is C56H83ClN14O8. The van der Waals surface area contributed by atoms with Crippen LogP contribution in [0.4, 0.5) is 32.6 Å². The third-order valence-corrected chi connectivity index (χ3v) is 14.4. The van der Waals surface area contributed by atoms with E-state index in [1.165, 1.54) is 23.8 Å². The van der Waals surface area contributed by atoms with Gasteiger partial charge in [-0.3, -0.25) is 9.80 Å². The van der Waals surface area contributed by atoms with Gasteiger partial charge in [0.05, 0.1) is 10.8 Å². The SMILES string of the molecule is CC(C)N(CCCNC(=O)Nc1ccc(C(C)(C)C)cc1)C[C@H]1OC(n2ccc3c(N)ncnc32)C(O)[C@@H]1O.CC(C)N(CCCNC(=O)Nc1ccc(C(C)(C)C)cc1)C[C@H]1OC(n2ccc3c(N)ncnc32)C(O)[C@@H]1O.Cl. The highest BCUT2D eigenvalue weighted by molar-refractivity contribution is 5.90. The number of halogens is 1. The molecule has 0 bridgehead atoms. The normalized spacial score (nSPS) is 21.4. The highest BCUT2D eigenvalue weighted by Gasteiger charge is 2.46. The van der Waals surface area contributed by atoms with E-state index in [-0.39, 0.29) is 47.4 Å². The zero-order valence-corrected chi connectivity index (χ0v) is 47.9. The number of nitrogens with two attached hydrogens (primary N) is 2. The minimum absolute atomic E-state index is 0. The van der Waals surface area contributed by atoms with Crippen molar-refractivity contribution in [3.05, 3.63) is 96.8 Å². The summed E-state index contributed by atoms with van der Waals surface area (Å²) in [5.41, 5.74) is 17.0. The molecule has 0 spiro atoms. The predicted octanol–water partition coefficient (Wildman–Crippen LogP) is 6.13. The molecule has 22 nitrogen and oxygen atoms in total. The van der Waals surface area contributed by atoms with Gasteiger partial charge in [0.2, 0.25) is 0 Å². The van der Waals surface area contributed by atoms with Crippen LogP contribution >= 0.6 is 12.4 Å². The van der Waals surface area contributed by atoms with Crippen molar-refractivity contribution in [1.82, 2.24) is 49.5 Å². The van der Waals surface area contributed by atoms with Crippen molar-refractivity contribution in [2.75, 3.05) is 61.4 Å². The maximum atomic E-state index is 12.4. The number of hydrogen-bond acceptors (Lipinski definition) is 16. The first-order chi connectivity index (χ1) is 36.9. The number of urea groups is 2. The molecule has 4 unspecified atom stereocenters. The summed E-state index contributed by atoms with van der Waals surface area (Å²) in [6, 6.07) is 19.1. The highest BCUT2D eigenvalue weighted by Crippen LogP contribution is 2.35. The van der Waals surface area contributed by atoms with Crippen molar-refractivity contribution in [2.45, 2.75) is 154 Å². The van der Waals surface area contributed by atoms with Crippen LogP contribution in [-0.2, 0) is 20.3 Å². The quantitative estimate of drug-likeness (QED) is 0.0433. The molecule has 4 amide bonds. The van der Waals surface area contributed by atoms with Crippen LogP contribution in [0.15, 0.2) is 85.7 Å². The molecule has 2 aliphatic heterocycles. The van der Waals surface area contributed by atoms with E-state index in [0.717, 1.165) is 11.4 Å². The summed E-state index contributed by atoms with van der Waals surface area (Å²) < 4.78 is 15.6.